The first-order chi connectivity index (χ1) is 9.45. The first-order valence-corrected chi connectivity index (χ1v) is 7.42. The highest BCUT2D eigenvalue weighted by molar-refractivity contribution is 9.10. The summed E-state index contributed by atoms with van der Waals surface area (Å²) in [6.07, 6.45) is 0.692. The highest BCUT2D eigenvalue weighted by Gasteiger charge is 2.29. The Balaban J connectivity index is 2.29. The Morgan fingerprint density at radius 3 is 2.80 bits per heavy atom. The minimum absolute atomic E-state index is 0.0498. The molecule has 6 nitrogen and oxygen atoms in total. The Morgan fingerprint density at radius 1 is 1.50 bits per heavy atom. The minimum atomic E-state index is -0.459. The lowest BCUT2D eigenvalue weighted by Gasteiger charge is -2.27. The summed E-state index contributed by atoms with van der Waals surface area (Å²) in [6.45, 7) is 6.65. The molecule has 0 bridgehead atoms. The van der Waals surface area contributed by atoms with Gasteiger partial charge in [0.1, 0.15) is 10.6 Å². The van der Waals surface area contributed by atoms with Gasteiger partial charge >= 0.3 is 5.97 Å². The van der Waals surface area contributed by atoms with Crippen LogP contribution in [0.5, 0.6) is 0 Å². The van der Waals surface area contributed by atoms with Crippen molar-refractivity contribution in [1.82, 2.24) is 14.7 Å². The predicted octanol–water partition coefficient (Wildman–Crippen LogP) is 1.67. The van der Waals surface area contributed by atoms with Gasteiger partial charge in [-0.25, -0.2) is 4.79 Å². The molecule has 0 radical (unpaired) electrons. The van der Waals surface area contributed by atoms with Crippen LogP contribution in [0.2, 0.25) is 0 Å². The fourth-order valence-corrected chi connectivity index (χ4v) is 2.88. The van der Waals surface area contributed by atoms with E-state index in [4.69, 9.17) is 4.74 Å². The average Bonchev–Trinajstić information content (AvgIpc) is 2.75. The normalized spacial score (nSPS) is 15.7. The van der Waals surface area contributed by atoms with Crippen LogP contribution in [0.3, 0.4) is 0 Å². The van der Waals surface area contributed by atoms with Crippen LogP contribution in [0.1, 0.15) is 38.1 Å². The quantitative estimate of drug-likeness (QED) is 0.783. The van der Waals surface area contributed by atoms with E-state index >= 15 is 0 Å². The summed E-state index contributed by atoms with van der Waals surface area (Å²) in [7, 11) is 0. The highest BCUT2D eigenvalue weighted by Crippen LogP contribution is 2.28. The molecule has 1 aliphatic heterocycles. The lowest BCUT2D eigenvalue weighted by atomic mass is 10.1. The molecule has 0 saturated carbocycles. The Labute approximate surface area is 126 Å². The van der Waals surface area contributed by atoms with Crippen LogP contribution >= 0.6 is 15.9 Å². The molecule has 2 heterocycles. The molecule has 110 valence electrons. The van der Waals surface area contributed by atoms with Crippen LogP contribution in [-0.4, -0.2) is 39.7 Å². The summed E-state index contributed by atoms with van der Waals surface area (Å²) in [6, 6.07) is -0.459. The van der Waals surface area contributed by atoms with Crippen LogP contribution in [0.4, 0.5) is 0 Å². The van der Waals surface area contributed by atoms with E-state index in [0.717, 1.165) is 11.3 Å². The zero-order chi connectivity index (χ0) is 14.9. The van der Waals surface area contributed by atoms with Crippen molar-refractivity contribution < 1.29 is 14.3 Å². The number of fused-ring (bicyclic) bond motifs is 1. The van der Waals surface area contributed by atoms with Crippen molar-refractivity contribution in [3.05, 3.63) is 15.9 Å². The fraction of sp³-hybridized carbons (Fsp3) is 0.615. The van der Waals surface area contributed by atoms with E-state index < -0.39 is 6.04 Å². The number of halogens is 1. The van der Waals surface area contributed by atoms with Gasteiger partial charge < -0.3 is 9.64 Å². The van der Waals surface area contributed by atoms with E-state index in [2.05, 4.69) is 21.0 Å². The molecule has 2 rings (SSSR count). The summed E-state index contributed by atoms with van der Waals surface area (Å²) in [4.78, 5) is 25.1. The van der Waals surface area contributed by atoms with Gasteiger partial charge in [-0.1, -0.05) is 0 Å². The molecule has 1 aromatic rings. The van der Waals surface area contributed by atoms with Gasteiger partial charge in [-0.05, 0) is 29.8 Å². The summed E-state index contributed by atoms with van der Waals surface area (Å²) < 4.78 is 7.43. The Kier molecular flexibility index (Phi) is 4.47. The maximum absolute atomic E-state index is 11.8. The predicted molar refractivity (Wildman–Crippen MR) is 76.1 cm³/mol. The Hall–Kier alpha value is -1.37. The first-order valence-electron chi connectivity index (χ1n) is 6.63. The van der Waals surface area contributed by atoms with Crippen molar-refractivity contribution in [3.63, 3.8) is 0 Å². The van der Waals surface area contributed by atoms with E-state index in [1.165, 1.54) is 0 Å². The second-order valence-electron chi connectivity index (χ2n) is 4.78. The number of ether oxygens (including phenoxy) is 1. The number of amides is 1. The maximum Gasteiger partial charge on any atom is 0.330 e. The third-order valence-electron chi connectivity index (χ3n) is 3.48. The third kappa shape index (κ3) is 2.72. The summed E-state index contributed by atoms with van der Waals surface area (Å²) in [5, 5.41) is 4.38. The zero-order valence-electron chi connectivity index (χ0n) is 11.9. The molecule has 1 unspecified atom stereocenters. The summed E-state index contributed by atoms with van der Waals surface area (Å²) in [5.41, 5.74) is 1.97. The summed E-state index contributed by atoms with van der Waals surface area (Å²) >= 11 is 3.41. The van der Waals surface area contributed by atoms with Gasteiger partial charge in [-0.3, -0.25) is 9.48 Å². The number of hydrogen-bond donors (Lipinski definition) is 0. The van der Waals surface area contributed by atoms with Crippen LogP contribution in [0.15, 0.2) is 4.60 Å². The van der Waals surface area contributed by atoms with Crippen molar-refractivity contribution in [3.8, 4) is 0 Å². The molecule has 0 spiro atoms. The van der Waals surface area contributed by atoms with E-state index in [9.17, 15) is 9.59 Å². The van der Waals surface area contributed by atoms with Crippen LogP contribution in [0, 0.1) is 0 Å². The SMILES string of the molecule is CCOC(=O)C(C)n1nc(Br)c2c1CCN(C(C)=O)C2. The average molecular weight is 344 g/mol. The molecule has 0 aliphatic carbocycles. The highest BCUT2D eigenvalue weighted by atomic mass is 79.9. The topological polar surface area (TPSA) is 64.4 Å². The van der Waals surface area contributed by atoms with E-state index in [1.54, 1.807) is 30.4 Å². The van der Waals surface area contributed by atoms with Crippen molar-refractivity contribution in [2.24, 2.45) is 0 Å². The number of hydrogen-bond acceptors (Lipinski definition) is 4. The molecule has 0 saturated heterocycles. The summed E-state index contributed by atoms with van der Waals surface area (Å²) in [5.74, 6) is -0.243. The van der Waals surface area contributed by atoms with Gasteiger partial charge in [0, 0.05) is 31.1 Å². The Morgan fingerprint density at radius 2 is 2.20 bits per heavy atom. The van der Waals surface area contributed by atoms with Gasteiger partial charge in [0.25, 0.3) is 0 Å². The lowest BCUT2D eigenvalue weighted by molar-refractivity contribution is -0.147. The van der Waals surface area contributed by atoms with Crippen molar-refractivity contribution in [2.75, 3.05) is 13.2 Å². The molecule has 20 heavy (non-hydrogen) atoms. The molecule has 0 fully saturated rings. The van der Waals surface area contributed by atoms with Gasteiger partial charge in [-0.15, -0.1) is 0 Å². The fourth-order valence-electron chi connectivity index (χ4n) is 2.36. The second-order valence-corrected chi connectivity index (χ2v) is 5.53. The van der Waals surface area contributed by atoms with Crippen LogP contribution < -0.4 is 0 Å². The van der Waals surface area contributed by atoms with Gasteiger partial charge in [-0.2, -0.15) is 5.10 Å². The number of esters is 1. The maximum atomic E-state index is 11.8. The molecule has 1 aromatic heterocycles. The lowest BCUT2D eigenvalue weighted by Crippen LogP contribution is -2.35. The smallest absolute Gasteiger partial charge is 0.330 e. The van der Waals surface area contributed by atoms with E-state index in [0.29, 0.717) is 30.7 Å². The van der Waals surface area contributed by atoms with E-state index in [-0.39, 0.29) is 11.9 Å². The van der Waals surface area contributed by atoms with Crippen LogP contribution in [0.25, 0.3) is 0 Å². The molecule has 1 aliphatic rings. The molecular weight excluding hydrogens is 326 g/mol. The number of carbonyl (C=O) groups excluding carboxylic acids is 2. The first kappa shape index (κ1) is 15.0. The third-order valence-corrected chi connectivity index (χ3v) is 4.11. The minimum Gasteiger partial charge on any atom is -0.464 e. The monoisotopic (exact) mass is 343 g/mol. The largest absolute Gasteiger partial charge is 0.464 e. The molecular formula is C13H18BrN3O3. The van der Waals surface area contributed by atoms with Crippen molar-refractivity contribution in [2.45, 2.75) is 39.8 Å². The Bertz CT molecular complexity index is 541. The van der Waals surface area contributed by atoms with E-state index in [1.807, 2.05) is 0 Å². The van der Waals surface area contributed by atoms with Crippen molar-refractivity contribution >= 4 is 27.8 Å². The van der Waals surface area contributed by atoms with Gasteiger partial charge in [0.15, 0.2) is 0 Å². The molecule has 7 heteroatoms. The standard InChI is InChI=1S/C13H18BrN3O3/c1-4-20-13(19)8(2)17-11-5-6-16(9(3)18)7-10(11)12(14)15-17/h8H,4-7H2,1-3H3. The molecule has 0 N–H and O–H groups in total. The second kappa shape index (κ2) is 5.95. The van der Waals surface area contributed by atoms with Gasteiger partial charge in [0.05, 0.1) is 13.2 Å². The number of carbonyl (C=O) groups is 2. The number of aromatic nitrogens is 2. The molecule has 0 aromatic carbocycles. The zero-order valence-corrected chi connectivity index (χ0v) is 13.4. The van der Waals surface area contributed by atoms with Crippen molar-refractivity contribution in [1.29, 1.82) is 0 Å². The number of nitrogens with zero attached hydrogens (tertiary/aromatic N) is 3. The number of rotatable bonds is 3. The van der Waals surface area contributed by atoms with Crippen LogP contribution in [-0.2, 0) is 27.3 Å². The molecule has 1 amide bonds. The van der Waals surface area contributed by atoms with Gasteiger partial charge in [0.2, 0.25) is 5.91 Å². The molecule has 1 atom stereocenters.